The van der Waals surface area contributed by atoms with Crippen molar-refractivity contribution < 1.29 is 9.84 Å². The monoisotopic (exact) mass is 267 g/mol. The van der Waals surface area contributed by atoms with Gasteiger partial charge in [0.15, 0.2) is 0 Å². The number of ether oxygens (including phenoxy) is 1. The van der Waals surface area contributed by atoms with Crippen molar-refractivity contribution in [2.45, 2.75) is 70.6 Å². The molecule has 0 amide bonds. The Bertz CT molecular complexity index is 312. The first-order valence-corrected chi connectivity index (χ1v) is 8.14. The summed E-state index contributed by atoms with van der Waals surface area (Å²) in [7, 11) is 0. The van der Waals surface area contributed by atoms with E-state index in [4.69, 9.17) is 4.74 Å². The molecule has 1 heterocycles. The predicted molar refractivity (Wildman–Crippen MR) is 76.0 cm³/mol. The van der Waals surface area contributed by atoms with Crippen LogP contribution >= 0.6 is 0 Å². The summed E-state index contributed by atoms with van der Waals surface area (Å²) in [5.41, 5.74) is 0.223. The van der Waals surface area contributed by atoms with Crippen molar-refractivity contribution in [2.75, 3.05) is 13.2 Å². The lowest BCUT2D eigenvalue weighted by Gasteiger charge is -2.60. The maximum Gasteiger partial charge on any atom is 0.0692 e. The van der Waals surface area contributed by atoms with Crippen molar-refractivity contribution in [1.82, 2.24) is 5.32 Å². The summed E-state index contributed by atoms with van der Waals surface area (Å²) in [5.74, 6) is 1.20. The van der Waals surface area contributed by atoms with Gasteiger partial charge in [-0.15, -0.1) is 0 Å². The molecule has 0 bridgehead atoms. The second-order valence-electron chi connectivity index (χ2n) is 7.42. The first-order valence-electron chi connectivity index (χ1n) is 8.14. The molecule has 3 aliphatic rings. The number of rotatable bonds is 4. The van der Waals surface area contributed by atoms with Crippen molar-refractivity contribution in [3.05, 3.63) is 0 Å². The maximum atomic E-state index is 10.3. The van der Waals surface area contributed by atoms with Crippen LogP contribution in [0.2, 0.25) is 0 Å². The summed E-state index contributed by atoms with van der Waals surface area (Å²) in [5, 5.41) is 13.9. The number of aliphatic hydroxyl groups excluding tert-OH is 1. The Kier molecular flexibility index (Phi) is 3.89. The summed E-state index contributed by atoms with van der Waals surface area (Å²) in [6, 6.07) is 0.522. The highest BCUT2D eigenvalue weighted by molar-refractivity contribution is 5.10. The molecule has 0 radical (unpaired) electrons. The van der Waals surface area contributed by atoms with Crippen LogP contribution in [0.3, 0.4) is 0 Å². The lowest BCUT2D eigenvalue weighted by Crippen LogP contribution is -2.69. The third-order valence-electron chi connectivity index (χ3n) is 5.82. The molecule has 2 N–H and O–H groups in total. The van der Waals surface area contributed by atoms with Crippen molar-refractivity contribution in [3.8, 4) is 0 Å². The Hall–Kier alpha value is -0.120. The van der Waals surface area contributed by atoms with Crippen LogP contribution in [0, 0.1) is 17.3 Å². The quantitative estimate of drug-likeness (QED) is 0.821. The van der Waals surface area contributed by atoms with Gasteiger partial charge in [0.25, 0.3) is 0 Å². The highest BCUT2D eigenvalue weighted by Crippen LogP contribution is 2.51. The summed E-state index contributed by atoms with van der Waals surface area (Å²) in [6.07, 6.45) is 7.79. The second-order valence-corrected chi connectivity index (χ2v) is 7.42. The van der Waals surface area contributed by atoms with E-state index in [2.05, 4.69) is 19.2 Å². The zero-order valence-electron chi connectivity index (χ0n) is 12.4. The molecule has 3 rings (SSSR count). The molecular formula is C16H29NO2. The third kappa shape index (κ3) is 2.45. The zero-order chi connectivity index (χ0) is 13.5. The fourth-order valence-electron chi connectivity index (χ4n) is 4.69. The minimum absolute atomic E-state index is 0.151. The van der Waals surface area contributed by atoms with Crippen LogP contribution in [0.25, 0.3) is 0 Å². The zero-order valence-corrected chi connectivity index (χ0v) is 12.4. The largest absolute Gasteiger partial charge is 0.392 e. The van der Waals surface area contributed by atoms with Gasteiger partial charge in [0.2, 0.25) is 0 Å². The molecule has 4 atom stereocenters. The molecule has 0 aromatic carbocycles. The summed E-state index contributed by atoms with van der Waals surface area (Å²) in [6.45, 7) is 6.31. The Morgan fingerprint density at radius 3 is 2.68 bits per heavy atom. The number of hydrogen-bond acceptors (Lipinski definition) is 3. The average Bonchev–Trinajstić information content (AvgIpc) is 2.92. The van der Waals surface area contributed by atoms with Gasteiger partial charge in [-0.1, -0.05) is 26.7 Å². The molecule has 110 valence electrons. The Morgan fingerprint density at radius 1 is 1.21 bits per heavy atom. The van der Waals surface area contributed by atoms with Crippen LogP contribution in [0.4, 0.5) is 0 Å². The fourth-order valence-corrected chi connectivity index (χ4v) is 4.69. The van der Waals surface area contributed by atoms with Crippen LogP contribution in [0.5, 0.6) is 0 Å². The van der Waals surface area contributed by atoms with Gasteiger partial charge >= 0.3 is 0 Å². The molecule has 1 saturated heterocycles. The number of aliphatic hydroxyl groups is 1. The molecule has 0 aromatic heterocycles. The third-order valence-corrected chi connectivity index (χ3v) is 5.82. The maximum absolute atomic E-state index is 10.3. The minimum Gasteiger partial charge on any atom is -0.392 e. The first-order chi connectivity index (χ1) is 9.10. The van der Waals surface area contributed by atoms with E-state index >= 15 is 0 Å². The van der Waals surface area contributed by atoms with E-state index in [1.807, 2.05) is 0 Å². The molecular weight excluding hydrogens is 238 g/mol. The highest BCUT2D eigenvalue weighted by atomic mass is 16.5. The molecule has 1 aliphatic heterocycles. The van der Waals surface area contributed by atoms with Gasteiger partial charge in [0.1, 0.15) is 0 Å². The van der Waals surface area contributed by atoms with Crippen LogP contribution in [-0.2, 0) is 4.74 Å². The van der Waals surface area contributed by atoms with Crippen molar-refractivity contribution >= 4 is 0 Å². The Labute approximate surface area is 117 Å². The average molecular weight is 267 g/mol. The van der Waals surface area contributed by atoms with E-state index < -0.39 is 0 Å². The molecule has 4 unspecified atom stereocenters. The van der Waals surface area contributed by atoms with Crippen LogP contribution in [-0.4, -0.2) is 36.5 Å². The number of hydrogen-bond donors (Lipinski definition) is 2. The van der Waals surface area contributed by atoms with Crippen molar-refractivity contribution in [1.29, 1.82) is 0 Å². The molecule has 2 saturated carbocycles. The normalized spacial score (nSPS) is 39.6. The van der Waals surface area contributed by atoms with E-state index in [1.54, 1.807) is 0 Å². The summed E-state index contributed by atoms with van der Waals surface area (Å²) < 4.78 is 5.93. The van der Waals surface area contributed by atoms with E-state index in [0.717, 1.165) is 13.2 Å². The summed E-state index contributed by atoms with van der Waals surface area (Å²) in [4.78, 5) is 0. The van der Waals surface area contributed by atoms with E-state index in [0.29, 0.717) is 24.0 Å². The standard InChI is InChI=1S/C16H29NO2/c1-16(2)14(12-8-5-9-19-15(12)16)17-10-13(18)11-6-3-4-7-11/h11-15,17-18H,3-10H2,1-2H3. The molecule has 19 heavy (non-hydrogen) atoms. The van der Waals surface area contributed by atoms with E-state index in [9.17, 15) is 5.11 Å². The lowest BCUT2D eigenvalue weighted by atomic mass is 9.55. The molecule has 3 fully saturated rings. The first kappa shape index (κ1) is 13.8. The van der Waals surface area contributed by atoms with Gasteiger partial charge in [0, 0.05) is 30.5 Å². The van der Waals surface area contributed by atoms with E-state index in [1.165, 1.54) is 38.5 Å². The Morgan fingerprint density at radius 2 is 1.95 bits per heavy atom. The molecule has 3 nitrogen and oxygen atoms in total. The SMILES string of the molecule is CC1(C)C(NCC(O)C2CCCC2)C2CCCOC21. The van der Waals surface area contributed by atoms with Gasteiger partial charge in [-0.25, -0.2) is 0 Å². The molecule has 3 heteroatoms. The number of nitrogens with one attached hydrogen (secondary N) is 1. The molecule has 2 aliphatic carbocycles. The number of fused-ring (bicyclic) bond motifs is 1. The van der Waals surface area contributed by atoms with Gasteiger partial charge in [-0.3, -0.25) is 0 Å². The Balaban J connectivity index is 1.51. The second kappa shape index (κ2) is 5.34. The van der Waals surface area contributed by atoms with Crippen LogP contribution < -0.4 is 5.32 Å². The van der Waals surface area contributed by atoms with Gasteiger partial charge in [-0.05, 0) is 31.6 Å². The van der Waals surface area contributed by atoms with Gasteiger partial charge < -0.3 is 15.2 Å². The van der Waals surface area contributed by atoms with E-state index in [-0.39, 0.29) is 11.5 Å². The van der Waals surface area contributed by atoms with Gasteiger partial charge in [-0.2, -0.15) is 0 Å². The molecule has 0 spiro atoms. The van der Waals surface area contributed by atoms with Crippen LogP contribution in [0.15, 0.2) is 0 Å². The predicted octanol–water partition coefficient (Wildman–Crippen LogP) is 2.33. The minimum atomic E-state index is -0.151. The lowest BCUT2D eigenvalue weighted by molar-refractivity contribution is -0.193. The van der Waals surface area contributed by atoms with Crippen molar-refractivity contribution in [2.24, 2.45) is 17.3 Å². The summed E-state index contributed by atoms with van der Waals surface area (Å²) >= 11 is 0. The topological polar surface area (TPSA) is 41.5 Å². The smallest absolute Gasteiger partial charge is 0.0692 e. The van der Waals surface area contributed by atoms with Gasteiger partial charge in [0.05, 0.1) is 12.2 Å². The fraction of sp³-hybridized carbons (Fsp3) is 1.00. The molecule has 0 aromatic rings. The van der Waals surface area contributed by atoms with Crippen LogP contribution in [0.1, 0.15) is 52.4 Å². The highest BCUT2D eigenvalue weighted by Gasteiger charge is 2.57. The van der Waals surface area contributed by atoms with Crippen molar-refractivity contribution in [3.63, 3.8) is 0 Å².